The van der Waals surface area contributed by atoms with Crippen LogP contribution in [-0.2, 0) is 4.79 Å². The number of rotatable bonds is 6. The molecule has 0 aromatic carbocycles. The molecule has 0 spiro atoms. The second-order valence-corrected chi connectivity index (χ2v) is 3.26. The van der Waals surface area contributed by atoms with E-state index >= 15 is 0 Å². The molecule has 0 saturated carbocycles. The first-order valence-corrected chi connectivity index (χ1v) is 5.05. The molecule has 0 saturated heterocycles. The Labute approximate surface area is 81.9 Å². The van der Waals surface area contributed by atoms with Crippen molar-refractivity contribution in [2.45, 2.75) is 19.8 Å². The number of nitrogens with zero attached hydrogens (tertiary/aromatic N) is 1. The Morgan fingerprint density at radius 2 is 2.38 bits per heavy atom. The SMILES string of the molecule is CCCSNC(N)=NCCC(=O)O. The number of carboxylic acids is 1. The van der Waals surface area contributed by atoms with Gasteiger partial charge in [-0.3, -0.25) is 9.79 Å². The van der Waals surface area contributed by atoms with Gasteiger partial charge in [-0.25, -0.2) is 0 Å². The zero-order valence-corrected chi connectivity index (χ0v) is 8.43. The van der Waals surface area contributed by atoms with E-state index in [1.54, 1.807) is 0 Å². The van der Waals surface area contributed by atoms with Crippen LogP contribution in [0.15, 0.2) is 4.99 Å². The molecule has 0 rings (SSSR count). The van der Waals surface area contributed by atoms with E-state index in [1.807, 2.05) is 0 Å². The average Bonchev–Trinajstić information content (AvgIpc) is 2.04. The smallest absolute Gasteiger partial charge is 0.305 e. The fraction of sp³-hybridized carbons (Fsp3) is 0.714. The van der Waals surface area contributed by atoms with Gasteiger partial charge < -0.3 is 15.6 Å². The van der Waals surface area contributed by atoms with Gasteiger partial charge in [-0.1, -0.05) is 18.9 Å². The molecule has 6 heteroatoms. The maximum absolute atomic E-state index is 10.1. The number of aliphatic carboxylic acids is 1. The zero-order valence-electron chi connectivity index (χ0n) is 7.62. The summed E-state index contributed by atoms with van der Waals surface area (Å²) in [5.74, 6) is 0.382. The maximum atomic E-state index is 10.1. The lowest BCUT2D eigenvalue weighted by Crippen LogP contribution is -2.26. The Bertz CT molecular complexity index is 185. The summed E-state index contributed by atoms with van der Waals surface area (Å²) in [4.78, 5) is 13.9. The number of nitrogens with one attached hydrogen (secondary N) is 1. The van der Waals surface area contributed by atoms with E-state index in [0.29, 0.717) is 5.96 Å². The van der Waals surface area contributed by atoms with Crippen molar-refractivity contribution in [3.8, 4) is 0 Å². The molecular formula is C7H15N3O2S. The number of hydrogen-bond acceptors (Lipinski definition) is 3. The largest absolute Gasteiger partial charge is 0.481 e. The maximum Gasteiger partial charge on any atom is 0.305 e. The third-order valence-electron chi connectivity index (χ3n) is 1.09. The van der Waals surface area contributed by atoms with E-state index in [4.69, 9.17) is 10.8 Å². The van der Waals surface area contributed by atoms with Crippen molar-refractivity contribution in [3.63, 3.8) is 0 Å². The number of hydrogen-bond donors (Lipinski definition) is 3. The molecule has 0 aliphatic carbocycles. The molecule has 0 radical (unpaired) electrons. The van der Waals surface area contributed by atoms with Crippen LogP contribution in [0.5, 0.6) is 0 Å². The Morgan fingerprint density at radius 3 is 2.92 bits per heavy atom. The van der Waals surface area contributed by atoms with Crippen LogP contribution in [0.3, 0.4) is 0 Å². The lowest BCUT2D eigenvalue weighted by atomic mass is 10.4. The number of guanidine groups is 1. The highest BCUT2D eigenvalue weighted by molar-refractivity contribution is 7.97. The van der Waals surface area contributed by atoms with Crippen molar-refractivity contribution in [1.82, 2.24) is 4.72 Å². The summed E-state index contributed by atoms with van der Waals surface area (Å²) < 4.78 is 2.81. The molecule has 0 unspecified atom stereocenters. The minimum atomic E-state index is -0.863. The van der Waals surface area contributed by atoms with Crippen LogP contribution < -0.4 is 10.5 Å². The van der Waals surface area contributed by atoms with Gasteiger partial charge in [0.1, 0.15) is 0 Å². The predicted molar refractivity (Wildman–Crippen MR) is 54.6 cm³/mol. The van der Waals surface area contributed by atoms with Crippen molar-refractivity contribution < 1.29 is 9.90 Å². The molecule has 0 aliphatic heterocycles. The van der Waals surface area contributed by atoms with Crippen LogP contribution >= 0.6 is 11.9 Å². The van der Waals surface area contributed by atoms with Gasteiger partial charge in [0.25, 0.3) is 0 Å². The third kappa shape index (κ3) is 9.00. The van der Waals surface area contributed by atoms with Gasteiger partial charge in [-0.2, -0.15) is 0 Å². The van der Waals surface area contributed by atoms with E-state index < -0.39 is 5.97 Å². The molecule has 76 valence electrons. The molecule has 0 aromatic rings. The molecule has 0 fully saturated rings. The van der Waals surface area contributed by atoms with Crippen LogP contribution in [0.1, 0.15) is 19.8 Å². The number of carbonyl (C=O) groups is 1. The first-order chi connectivity index (χ1) is 6.16. The second-order valence-electron chi connectivity index (χ2n) is 2.36. The molecule has 0 aromatic heterocycles. The summed E-state index contributed by atoms with van der Waals surface area (Å²) in [6.07, 6.45) is 1.07. The molecule has 0 heterocycles. The summed E-state index contributed by atoms with van der Waals surface area (Å²) in [7, 11) is 0. The quantitative estimate of drug-likeness (QED) is 0.253. The standard InChI is InChI=1S/C7H15N3O2S/c1-2-5-13-10-7(8)9-4-3-6(11)12/h2-5H2,1H3,(H,11,12)(H3,8,9,10). The van der Waals surface area contributed by atoms with Gasteiger partial charge >= 0.3 is 5.97 Å². The van der Waals surface area contributed by atoms with Crippen LogP contribution in [0.4, 0.5) is 0 Å². The number of carboxylic acid groups (broad SMARTS) is 1. The van der Waals surface area contributed by atoms with Gasteiger partial charge in [0.15, 0.2) is 5.96 Å². The molecule has 4 N–H and O–H groups in total. The fourth-order valence-corrected chi connectivity index (χ4v) is 1.05. The lowest BCUT2D eigenvalue weighted by molar-refractivity contribution is -0.136. The first-order valence-electron chi connectivity index (χ1n) is 4.06. The summed E-state index contributed by atoms with van der Waals surface area (Å²) in [6, 6.07) is 0. The van der Waals surface area contributed by atoms with Gasteiger partial charge in [0.2, 0.25) is 0 Å². The normalized spacial score (nSPS) is 11.3. The van der Waals surface area contributed by atoms with Crippen molar-refractivity contribution >= 4 is 23.9 Å². The van der Waals surface area contributed by atoms with Crippen LogP contribution in [0, 0.1) is 0 Å². The Hall–Kier alpha value is -0.910. The number of aliphatic imine (C=N–C) groups is 1. The van der Waals surface area contributed by atoms with Crippen molar-refractivity contribution in [2.75, 3.05) is 12.3 Å². The first kappa shape index (κ1) is 12.1. The van der Waals surface area contributed by atoms with Crippen molar-refractivity contribution in [3.05, 3.63) is 0 Å². The van der Waals surface area contributed by atoms with Crippen molar-refractivity contribution in [2.24, 2.45) is 10.7 Å². The third-order valence-corrected chi connectivity index (χ3v) is 2.06. The molecule has 5 nitrogen and oxygen atoms in total. The fourth-order valence-electron chi connectivity index (χ4n) is 0.531. The summed E-state index contributed by atoms with van der Waals surface area (Å²) >= 11 is 1.47. The second kappa shape index (κ2) is 7.72. The van der Waals surface area contributed by atoms with Crippen molar-refractivity contribution in [1.29, 1.82) is 0 Å². The van der Waals surface area contributed by atoms with Gasteiger partial charge in [-0.05, 0) is 6.42 Å². The van der Waals surface area contributed by atoms with Crippen LogP contribution in [0.2, 0.25) is 0 Å². The highest BCUT2D eigenvalue weighted by Gasteiger charge is 1.95. The molecule has 13 heavy (non-hydrogen) atoms. The number of nitrogens with two attached hydrogens (primary N) is 1. The molecule has 0 aliphatic rings. The van der Waals surface area contributed by atoms with E-state index in [-0.39, 0.29) is 13.0 Å². The Kier molecular flexibility index (Phi) is 7.18. The molecule has 0 amide bonds. The zero-order chi connectivity index (χ0) is 10.1. The highest BCUT2D eigenvalue weighted by atomic mass is 32.2. The highest BCUT2D eigenvalue weighted by Crippen LogP contribution is 1.94. The summed E-state index contributed by atoms with van der Waals surface area (Å²) in [5, 5.41) is 8.30. The molecule has 0 atom stereocenters. The van der Waals surface area contributed by atoms with E-state index in [1.165, 1.54) is 11.9 Å². The lowest BCUT2D eigenvalue weighted by Gasteiger charge is -2.02. The van der Waals surface area contributed by atoms with E-state index in [0.717, 1.165) is 12.2 Å². The summed E-state index contributed by atoms with van der Waals surface area (Å²) in [6.45, 7) is 2.29. The topological polar surface area (TPSA) is 87.7 Å². The van der Waals surface area contributed by atoms with Gasteiger partial charge in [0, 0.05) is 5.75 Å². The van der Waals surface area contributed by atoms with Gasteiger partial charge in [0.05, 0.1) is 13.0 Å². The van der Waals surface area contributed by atoms with Crippen LogP contribution in [-0.4, -0.2) is 29.3 Å². The predicted octanol–water partition coefficient (Wildman–Crippen LogP) is 0.424. The average molecular weight is 205 g/mol. The summed E-state index contributed by atoms with van der Waals surface area (Å²) in [5.41, 5.74) is 5.43. The molecular weight excluding hydrogens is 190 g/mol. The minimum Gasteiger partial charge on any atom is -0.481 e. The Balaban J connectivity index is 3.45. The van der Waals surface area contributed by atoms with Crippen LogP contribution in [0.25, 0.3) is 0 Å². The molecule has 0 bridgehead atoms. The monoisotopic (exact) mass is 205 g/mol. The van der Waals surface area contributed by atoms with E-state index in [2.05, 4.69) is 16.6 Å². The Morgan fingerprint density at radius 1 is 1.69 bits per heavy atom. The minimum absolute atomic E-state index is 0.0147. The van der Waals surface area contributed by atoms with E-state index in [9.17, 15) is 4.79 Å². The van der Waals surface area contributed by atoms with Gasteiger partial charge in [-0.15, -0.1) is 0 Å².